The monoisotopic (exact) mass is 314 g/mol. The summed E-state index contributed by atoms with van der Waals surface area (Å²) in [7, 11) is 3.46. The van der Waals surface area contributed by atoms with Crippen molar-refractivity contribution in [2.24, 2.45) is 7.05 Å². The van der Waals surface area contributed by atoms with Gasteiger partial charge in [-0.25, -0.2) is 0 Å². The minimum absolute atomic E-state index is 0.106. The Morgan fingerprint density at radius 1 is 1.30 bits per heavy atom. The summed E-state index contributed by atoms with van der Waals surface area (Å²) in [6.07, 6.45) is 2.49. The molecule has 2 atom stereocenters. The lowest BCUT2D eigenvalue weighted by Gasteiger charge is -2.38. The second kappa shape index (κ2) is 6.21. The van der Waals surface area contributed by atoms with Gasteiger partial charge in [0, 0.05) is 20.3 Å². The number of anilines is 1. The van der Waals surface area contributed by atoms with Crippen LogP contribution in [0.3, 0.4) is 0 Å². The number of aryl methyl sites for hydroxylation is 1. The zero-order valence-electron chi connectivity index (χ0n) is 13.0. The normalized spacial score (nSPS) is 21.3. The van der Waals surface area contributed by atoms with E-state index in [-0.39, 0.29) is 18.4 Å². The molecule has 7 nitrogen and oxygen atoms in total. The lowest BCUT2D eigenvalue weighted by atomic mass is 9.97. The third-order valence-corrected chi connectivity index (χ3v) is 3.86. The number of hydrogen-bond donors (Lipinski definition) is 1. The number of carbonyl (C=O) groups excluding carboxylic acids is 2. The van der Waals surface area contributed by atoms with E-state index in [4.69, 9.17) is 4.74 Å². The number of nitrogens with zero attached hydrogens (tertiary/aromatic N) is 3. The average molecular weight is 314 g/mol. The van der Waals surface area contributed by atoms with Gasteiger partial charge in [0.05, 0.1) is 17.9 Å². The van der Waals surface area contributed by atoms with E-state index in [1.54, 1.807) is 36.1 Å². The third-order valence-electron chi connectivity index (χ3n) is 3.86. The van der Waals surface area contributed by atoms with Gasteiger partial charge in [-0.2, -0.15) is 5.10 Å². The minimum Gasteiger partial charge on any atom is -0.356 e. The number of amides is 2. The number of carbonyl (C=O) groups is 2. The lowest BCUT2D eigenvalue weighted by Crippen LogP contribution is -2.51. The summed E-state index contributed by atoms with van der Waals surface area (Å²) in [5, 5.41) is 6.80. The highest BCUT2D eigenvalue weighted by Crippen LogP contribution is 2.29. The van der Waals surface area contributed by atoms with E-state index in [1.807, 2.05) is 30.3 Å². The number of morpholine rings is 1. The molecule has 2 unspecified atom stereocenters. The first-order valence-corrected chi connectivity index (χ1v) is 7.28. The quantitative estimate of drug-likeness (QED) is 0.915. The maximum Gasteiger partial charge on any atom is 0.256 e. The Labute approximate surface area is 133 Å². The van der Waals surface area contributed by atoms with Gasteiger partial charge in [-0.3, -0.25) is 14.3 Å². The van der Waals surface area contributed by atoms with E-state index in [0.717, 1.165) is 5.56 Å². The summed E-state index contributed by atoms with van der Waals surface area (Å²) >= 11 is 0. The van der Waals surface area contributed by atoms with Gasteiger partial charge in [0.25, 0.3) is 5.91 Å². The van der Waals surface area contributed by atoms with Crippen molar-refractivity contribution in [1.82, 2.24) is 14.7 Å². The molecule has 0 bridgehead atoms. The van der Waals surface area contributed by atoms with Gasteiger partial charge in [0.1, 0.15) is 6.61 Å². The van der Waals surface area contributed by atoms with Gasteiger partial charge in [0.2, 0.25) is 5.91 Å². The topological polar surface area (TPSA) is 76.5 Å². The first-order valence-electron chi connectivity index (χ1n) is 7.28. The molecule has 1 saturated heterocycles. The Balaban J connectivity index is 1.85. The highest BCUT2D eigenvalue weighted by atomic mass is 16.5. The summed E-state index contributed by atoms with van der Waals surface area (Å²) in [6.45, 7) is -0.106. The van der Waals surface area contributed by atoms with E-state index < -0.39 is 12.1 Å². The molecule has 3 rings (SSSR count). The Bertz CT molecular complexity index is 713. The van der Waals surface area contributed by atoms with Crippen LogP contribution in [-0.4, -0.2) is 46.3 Å². The molecule has 1 N–H and O–H groups in total. The predicted octanol–water partition coefficient (Wildman–Crippen LogP) is 0.957. The van der Waals surface area contributed by atoms with Crippen LogP contribution in [0.25, 0.3) is 0 Å². The van der Waals surface area contributed by atoms with Crippen LogP contribution in [0.4, 0.5) is 5.69 Å². The fourth-order valence-corrected chi connectivity index (χ4v) is 2.68. The molecule has 1 aliphatic rings. The summed E-state index contributed by atoms with van der Waals surface area (Å²) in [5.41, 5.74) is 1.45. The molecule has 120 valence electrons. The highest BCUT2D eigenvalue weighted by molar-refractivity contribution is 5.96. The number of ether oxygens (including phenoxy) is 1. The van der Waals surface area contributed by atoms with E-state index in [9.17, 15) is 9.59 Å². The molecule has 2 heterocycles. The van der Waals surface area contributed by atoms with Crippen molar-refractivity contribution >= 4 is 17.5 Å². The predicted molar refractivity (Wildman–Crippen MR) is 83.5 cm³/mol. The van der Waals surface area contributed by atoms with Crippen molar-refractivity contribution in [3.8, 4) is 0 Å². The van der Waals surface area contributed by atoms with E-state index in [0.29, 0.717) is 5.69 Å². The number of aromatic nitrogens is 2. The van der Waals surface area contributed by atoms with Crippen LogP contribution < -0.4 is 5.32 Å². The molecule has 1 aromatic carbocycles. The van der Waals surface area contributed by atoms with Crippen molar-refractivity contribution in [3.05, 3.63) is 48.3 Å². The van der Waals surface area contributed by atoms with Gasteiger partial charge < -0.3 is 15.0 Å². The summed E-state index contributed by atoms with van der Waals surface area (Å²) in [6, 6.07) is 8.94. The van der Waals surface area contributed by atoms with Crippen molar-refractivity contribution in [1.29, 1.82) is 0 Å². The van der Waals surface area contributed by atoms with Crippen LogP contribution in [0.1, 0.15) is 11.6 Å². The maximum atomic E-state index is 12.6. The van der Waals surface area contributed by atoms with Gasteiger partial charge in [0.15, 0.2) is 6.10 Å². The lowest BCUT2D eigenvalue weighted by molar-refractivity contribution is -0.160. The highest BCUT2D eigenvalue weighted by Gasteiger charge is 2.40. The summed E-state index contributed by atoms with van der Waals surface area (Å²) in [4.78, 5) is 26.1. The summed E-state index contributed by atoms with van der Waals surface area (Å²) < 4.78 is 7.14. The third kappa shape index (κ3) is 3.09. The van der Waals surface area contributed by atoms with E-state index in [1.165, 1.54) is 0 Å². The van der Waals surface area contributed by atoms with Gasteiger partial charge in [-0.05, 0) is 5.56 Å². The first-order chi connectivity index (χ1) is 11.1. The van der Waals surface area contributed by atoms with E-state index >= 15 is 0 Å². The molecule has 1 aliphatic heterocycles. The van der Waals surface area contributed by atoms with Crippen LogP contribution in [0, 0.1) is 0 Å². The van der Waals surface area contributed by atoms with Crippen LogP contribution in [0.5, 0.6) is 0 Å². The minimum atomic E-state index is -0.777. The zero-order chi connectivity index (χ0) is 16.4. The van der Waals surface area contributed by atoms with Crippen molar-refractivity contribution < 1.29 is 14.3 Å². The maximum absolute atomic E-state index is 12.6. The molecule has 1 aromatic heterocycles. The fourth-order valence-electron chi connectivity index (χ4n) is 2.68. The molecule has 0 spiro atoms. The Kier molecular flexibility index (Phi) is 4.12. The molecule has 2 amide bonds. The Morgan fingerprint density at radius 2 is 2.04 bits per heavy atom. The fraction of sp³-hybridized carbons (Fsp3) is 0.312. The second-order valence-electron chi connectivity index (χ2n) is 5.48. The SMILES string of the molecule is CN1C(=O)COC(C(=O)Nc2cnn(C)c2)C1c1ccccc1. The number of nitrogens with one attached hydrogen (secondary N) is 1. The standard InChI is InChI=1S/C16H18N4O3/c1-19-9-12(8-17-19)18-16(22)15-14(11-6-4-3-5-7-11)20(2)13(21)10-23-15/h3-9,14-15H,10H2,1-2H3,(H,18,22). The summed E-state index contributed by atoms with van der Waals surface area (Å²) in [5.74, 6) is -0.449. The van der Waals surface area contributed by atoms with E-state index in [2.05, 4.69) is 10.4 Å². The van der Waals surface area contributed by atoms with Crippen molar-refractivity contribution in [2.45, 2.75) is 12.1 Å². The number of likely N-dealkylation sites (N-methyl/N-ethyl adjacent to an activating group) is 1. The molecule has 7 heteroatoms. The molecule has 0 saturated carbocycles. The average Bonchev–Trinajstić information content (AvgIpc) is 2.95. The van der Waals surface area contributed by atoms with Crippen molar-refractivity contribution in [2.75, 3.05) is 19.0 Å². The molecule has 23 heavy (non-hydrogen) atoms. The Hall–Kier alpha value is -2.67. The van der Waals surface area contributed by atoms with Gasteiger partial charge in [-0.1, -0.05) is 30.3 Å². The zero-order valence-corrected chi connectivity index (χ0v) is 13.0. The largest absolute Gasteiger partial charge is 0.356 e. The van der Waals surface area contributed by atoms with Crippen LogP contribution in [0.15, 0.2) is 42.7 Å². The molecule has 0 aliphatic carbocycles. The molecule has 0 radical (unpaired) electrons. The van der Waals surface area contributed by atoms with Crippen LogP contribution in [0.2, 0.25) is 0 Å². The molecular weight excluding hydrogens is 296 g/mol. The number of hydrogen-bond acceptors (Lipinski definition) is 4. The molecular formula is C16H18N4O3. The van der Waals surface area contributed by atoms with Gasteiger partial charge >= 0.3 is 0 Å². The smallest absolute Gasteiger partial charge is 0.256 e. The second-order valence-corrected chi connectivity index (χ2v) is 5.48. The molecule has 2 aromatic rings. The molecule has 1 fully saturated rings. The number of rotatable bonds is 3. The van der Waals surface area contributed by atoms with Crippen LogP contribution >= 0.6 is 0 Å². The number of benzene rings is 1. The Morgan fingerprint density at radius 3 is 2.70 bits per heavy atom. The van der Waals surface area contributed by atoms with Crippen molar-refractivity contribution in [3.63, 3.8) is 0 Å². The van der Waals surface area contributed by atoms with Gasteiger partial charge in [-0.15, -0.1) is 0 Å². The first kappa shape index (κ1) is 15.2. The van der Waals surface area contributed by atoms with Crippen LogP contribution in [-0.2, 0) is 21.4 Å².